The number of furan rings is 1. The van der Waals surface area contributed by atoms with Crippen molar-refractivity contribution in [3.8, 4) is 0 Å². The van der Waals surface area contributed by atoms with Crippen LogP contribution in [-0.2, 0) is 0 Å². The fourth-order valence-electron chi connectivity index (χ4n) is 2.25. The first-order valence-electron chi connectivity index (χ1n) is 8.18. The molecule has 1 aromatic carbocycles. The maximum absolute atomic E-state index is 12.1. The third-order valence-electron chi connectivity index (χ3n) is 3.59. The Balaban J connectivity index is 1.43. The minimum atomic E-state index is -0.362. The van der Waals surface area contributed by atoms with Crippen LogP contribution in [0.5, 0.6) is 0 Å². The molecule has 0 aliphatic heterocycles. The summed E-state index contributed by atoms with van der Waals surface area (Å²) in [6.45, 7) is 0.646. The van der Waals surface area contributed by atoms with E-state index < -0.39 is 0 Å². The van der Waals surface area contributed by atoms with Crippen molar-refractivity contribution in [2.75, 3.05) is 18.4 Å². The summed E-state index contributed by atoms with van der Waals surface area (Å²) < 4.78 is 5.02. The lowest BCUT2D eigenvalue weighted by molar-refractivity contribution is 0.0929. The van der Waals surface area contributed by atoms with E-state index in [1.807, 2.05) is 11.4 Å². The fraction of sp³-hybridized carbons (Fsp3) is 0.105. The summed E-state index contributed by atoms with van der Waals surface area (Å²) in [6.07, 6.45) is 1.42. The van der Waals surface area contributed by atoms with E-state index in [2.05, 4.69) is 16.0 Å². The van der Waals surface area contributed by atoms with E-state index in [1.165, 1.54) is 17.6 Å². The van der Waals surface area contributed by atoms with Crippen LogP contribution in [0.2, 0.25) is 0 Å². The van der Waals surface area contributed by atoms with Gasteiger partial charge in [-0.3, -0.25) is 14.4 Å². The van der Waals surface area contributed by atoms with E-state index in [1.54, 1.807) is 42.5 Å². The fourth-order valence-corrected chi connectivity index (χ4v) is 2.89. The molecule has 0 aliphatic rings. The Kier molecular flexibility index (Phi) is 6.01. The Morgan fingerprint density at radius 3 is 2.22 bits per heavy atom. The molecule has 0 fully saturated rings. The second-order valence-corrected chi connectivity index (χ2v) is 6.45. The molecule has 2 heterocycles. The van der Waals surface area contributed by atoms with E-state index in [4.69, 9.17) is 4.42 Å². The SMILES string of the molecule is O=C(NCCNC(=O)c1cccs1)c1ccc(NC(=O)c2ccco2)cc1. The topological polar surface area (TPSA) is 100 Å². The molecule has 0 unspecified atom stereocenters. The number of rotatable bonds is 7. The van der Waals surface area contributed by atoms with Gasteiger partial charge in [0.05, 0.1) is 11.1 Å². The molecule has 0 saturated heterocycles. The number of benzene rings is 1. The van der Waals surface area contributed by atoms with Crippen LogP contribution in [0.3, 0.4) is 0 Å². The highest BCUT2D eigenvalue weighted by atomic mass is 32.1. The molecule has 3 amide bonds. The van der Waals surface area contributed by atoms with Gasteiger partial charge in [0.15, 0.2) is 5.76 Å². The van der Waals surface area contributed by atoms with Crippen LogP contribution in [0.25, 0.3) is 0 Å². The minimum absolute atomic E-state index is 0.157. The summed E-state index contributed by atoms with van der Waals surface area (Å²) in [7, 11) is 0. The number of thiophene rings is 1. The second-order valence-electron chi connectivity index (χ2n) is 5.50. The van der Waals surface area contributed by atoms with Gasteiger partial charge in [-0.15, -0.1) is 11.3 Å². The number of carbonyl (C=O) groups is 3. The normalized spacial score (nSPS) is 10.2. The summed E-state index contributed by atoms with van der Waals surface area (Å²) >= 11 is 1.36. The average molecular weight is 383 g/mol. The highest BCUT2D eigenvalue weighted by molar-refractivity contribution is 7.12. The number of hydrogen-bond acceptors (Lipinski definition) is 5. The number of carbonyl (C=O) groups excluding carboxylic acids is 3. The molecule has 0 atom stereocenters. The van der Waals surface area contributed by atoms with Crippen molar-refractivity contribution < 1.29 is 18.8 Å². The molecule has 3 rings (SSSR count). The van der Waals surface area contributed by atoms with Crippen molar-refractivity contribution in [3.05, 3.63) is 76.4 Å². The predicted molar refractivity (Wildman–Crippen MR) is 102 cm³/mol. The van der Waals surface area contributed by atoms with E-state index in [0.717, 1.165) is 0 Å². The van der Waals surface area contributed by atoms with Crippen LogP contribution >= 0.6 is 11.3 Å². The van der Waals surface area contributed by atoms with Gasteiger partial charge in [0.2, 0.25) is 0 Å². The molecule has 0 saturated carbocycles. The Hall–Kier alpha value is -3.39. The monoisotopic (exact) mass is 383 g/mol. The maximum atomic E-state index is 12.1. The lowest BCUT2D eigenvalue weighted by Gasteiger charge is -2.08. The van der Waals surface area contributed by atoms with Crippen LogP contribution < -0.4 is 16.0 Å². The summed E-state index contributed by atoms with van der Waals surface area (Å²) in [5.74, 6) is -0.569. The van der Waals surface area contributed by atoms with Crippen LogP contribution in [0.1, 0.15) is 30.6 Å². The number of nitrogens with one attached hydrogen (secondary N) is 3. The van der Waals surface area contributed by atoms with E-state index in [-0.39, 0.29) is 23.5 Å². The quantitative estimate of drug-likeness (QED) is 0.546. The lowest BCUT2D eigenvalue weighted by atomic mass is 10.2. The van der Waals surface area contributed by atoms with Crippen LogP contribution in [0.4, 0.5) is 5.69 Å². The van der Waals surface area contributed by atoms with Crippen molar-refractivity contribution in [3.63, 3.8) is 0 Å². The van der Waals surface area contributed by atoms with E-state index in [0.29, 0.717) is 29.2 Å². The third kappa shape index (κ3) is 5.05. The van der Waals surface area contributed by atoms with Crippen molar-refractivity contribution in [2.45, 2.75) is 0 Å². The molecule has 0 spiro atoms. The van der Waals surface area contributed by atoms with Crippen LogP contribution in [0, 0.1) is 0 Å². The number of amides is 3. The molecule has 3 aromatic rings. The van der Waals surface area contributed by atoms with Crippen molar-refractivity contribution in [1.29, 1.82) is 0 Å². The first-order chi connectivity index (χ1) is 13.1. The maximum Gasteiger partial charge on any atom is 0.291 e. The molecular weight excluding hydrogens is 366 g/mol. The molecule has 0 bridgehead atoms. The number of hydrogen-bond donors (Lipinski definition) is 3. The Morgan fingerprint density at radius 2 is 1.59 bits per heavy atom. The van der Waals surface area contributed by atoms with Gasteiger partial charge in [0.1, 0.15) is 0 Å². The first-order valence-corrected chi connectivity index (χ1v) is 9.06. The standard InChI is InChI=1S/C19H17N3O4S/c23-17(20-9-10-21-19(25)16-4-2-12-27-16)13-5-7-14(8-6-13)22-18(24)15-3-1-11-26-15/h1-8,11-12H,9-10H2,(H,20,23)(H,21,25)(H,22,24). The largest absolute Gasteiger partial charge is 0.459 e. The molecule has 3 N–H and O–H groups in total. The summed E-state index contributed by atoms with van der Waals surface area (Å²) in [5, 5.41) is 9.97. The third-order valence-corrected chi connectivity index (χ3v) is 4.46. The zero-order valence-corrected chi connectivity index (χ0v) is 15.0. The molecule has 138 valence electrons. The highest BCUT2D eigenvalue weighted by Crippen LogP contribution is 2.12. The highest BCUT2D eigenvalue weighted by Gasteiger charge is 2.10. The van der Waals surface area contributed by atoms with Gasteiger partial charge in [-0.25, -0.2) is 0 Å². The summed E-state index contributed by atoms with van der Waals surface area (Å²) in [5.41, 5.74) is 1.01. The molecule has 8 heteroatoms. The van der Waals surface area contributed by atoms with E-state index in [9.17, 15) is 14.4 Å². The average Bonchev–Trinajstić information content (AvgIpc) is 3.39. The Bertz CT molecular complexity index is 903. The molecule has 0 aliphatic carbocycles. The summed E-state index contributed by atoms with van der Waals surface area (Å²) in [4.78, 5) is 36.4. The Labute approximate surface area is 159 Å². The summed E-state index contributed by atoms with van der Waals surface area (Å²) in [6, 6.07) is 13.2. The van der Waals surface area contributed by atoms with Crippen LogP contribution in [-0.4, -0.2) is 30.8 Å². The van der Waals surface area contributed by atoms with Crippen molar-refractivity contribution in [2.24, 2.45) is 0 Å². The lowest BCUT2D eigenvalue weighted by Crippen LogP contribution is -2.34. The Morgan fingerprint density at radius 1 is 0.852 bits per heavy atom. The van der Waals surface area contributed by atoms with Gasteiger partial charge in [-0.05, 0) is 47.8 Å². The zero-order chi connectivity index (χ0) is 19.1. The predicted octanol–water partition coefficient (Wildman–Crippen LogP) is 2.75. The van der Waals surface area contributed by atoms with Crippen molar-refractivity contribution >= 4 is 34.7 Å². The molecule has 0 radical (unpaired) electrons. The molecule has 7 nitrogen and oxygen atoms in total. The first kappa shape index (κ1) is 18.4. The van der Waals surface area contributed by atoms with Gasteiger partial charge < -0.3 is 20.4 Å². The van der Waals surface area contributed by atoms with Crippen LogP contribution in [0.15, 0.2) is 64.6 Å². The minimum Gasteiger partial charge on any atom is -0.459 e. The van der Waals surface area contributed by atoms with Crippen molar-refractivity contribution in [1.82, 2.24) is 10.6 Å². The molecular formula is C19H17N3O4S. The van der Waals surface area contributed by atoms with Gasteiger partial charge >= 0.3 is 0 Å². The van der Waals surface area contributed by atoms with E-state index >= 15 is 0 Å². The van der Waals surface area contributed by atoms with Gasteiger partial charge in [-0.1, -0.05) is 6.07 Å². The molecule has 27 heavy (non-hydrogen) atoms. The second kappa shape index (κ2) is 8.81. The van der Waals surface area contributed by atoms with Gasteiger partial charge in [0, 0.05) is 24.3 Å². The zero-order valence-electron chi connectivity index (χ0n) is 14.2. The number of anilines is 1. The van der Waals surface area contributed by atoms with Gasteiger partial charge in [0.25, 0.3) is 17.7 Å². The smallest absolute Gasteiger partial charge is 0.291 e. The molecule has 2 aromatic heterocycles. The van der Waals surface area contributed by atoms with Gasteiger partial charge in [-0.2, -0.15) is 0 Å².